The number of halogens is 4. The largest absolute Gasteiger partial charge is 0.492 e. The van der Waals surface area contributed by atoms with Crippen molar-refractivity contribution in [1.29, 1.82) is 0 Å². The zero-order valence-electron chi connectivity index (χ0n) is 15.4. The van der Waals surface area contributed by atoms with E-state index < -0.39 is 41.3 Å². The molecule has 1 heterocycles. The van der Waals surface area contributed by atoms with Crippen molar-refractivity contribution in [1.82, 2.24) is 9.99 Å². The lowest BCUT2D eigenvalue weighted by Gasteiger charge is -2.29. The third-order valence-electron chi connectivity index (χ3n) is 4.64. The van der Waals surface area contributed by atoms with Crippen molar-refractivity contribution in [2.24, 2.45) is 22.7 Å². The maximum atomic E-state index is 15.3. The van der Waals surface area contributed by atoms with Gasteiger partial charge in [0, 0.05) is 12.6 Å². The van der Waals surface area contributed by atoms with Crippen LogP contribution in [0.15, 0.2) is 41.6 Å². The Morgan fingerprint density at radius 3 is 2.62 bits per heavy atom. The van der Waals surface area contributed by atoms with Gasteiger partial charge in [0.05, 0.1) is 18.7 Å². The highest BCUT2D eigenvalue weighted by Crippen LogP contribution is 2.42. The number of benzene rings is 1. The lowest BCUT2D eigenvalue weighted by atomic mass is 9.89. The molecular weight excluding hydrogens is 390 g/mol. The van der Waals surface area contributed by atoms with E-state index in [0.29, 0.717) is 24.3 Å². The number of nitrogens with zero attached hydrogens (tertiary/aromatic N) is 3. The molecule has 29 heavy (non-hydrogen) atoms. The molecule has 1 atom stereocenters. The van der Waals surface area contributed by atoms with Crippen LogP contribution < -0.4 is 16.4 Å². The smallest absolute Gasteiger partial charge is 0.298 e. The number of rotatable bonds is 9. The quantitative estimate of drug-likeness (QED) is 0.218. The summed E-state index contributed by atoms with van der Waals surface area (Å²) in [5.41, 5.74) is -1.00. The van der Waals surface area contributed by atoms with Crippen molar-refractivity contribution >= 4 is 6.34 Å². The van der Waals surface area contributed by atoms with Gasteiger partial charge in [0.15, 0.2) is 0 Å². The Balaban J connectivity index is 1.89. The van der Waals surface area contributed by atoms with Crippen molar-refractivity contribution in [3.63, 3.8) is 0 Å². The number of hydrazone groups is 1. The molecule has 0 aliphatic heterocycles. The molecule has 1 saturated carbocycles. The second kappa shape index (κ2) is 8.64. The van der Waals surface area contributed by atoms with Crippen LogP contribution in [0.25, 0.3) is 0 Å². The summed E-state index contributed by atoms with van der Waals surface area (Å²) in [7, 11) is 0. The molecule has 4 N–H and O–H groups in total. The van der Waals surface area contributed by atoms with Gasteiger partial charge in [-0.1, -0.05) is 6.07 Å². The van der Waals surface area contributed by atoms with Crippen molar-refractivity contribution in [2.45, 2.75) is 24.7 Å². The van der Waals surface area contributed by atoms with Crippen LogP contribution in [0.1, 0.15) is 30.0 Å². The van der Waals surface area contributed by atoms with E-state index in [9.17, 15) is 8.78 Å². The number of hydrogen-bond donors (Lipinski definition) is 2. The van der Waals surface area contributed by atoms with Crippen molar-refractivity contribution < 1.29 is 22.3 Å². The number of aromatic nitrogens is 1. The molecule has 6 nitrogen and oxygen atoms in total. The molecule has 2 aromatic rings. The van der Waals surface area contributed by atoms with E-state index in [4.69, 9.17) is 16.4 Å². The molecule has 0 bridgehead atoms. The summed E-state index contributed by atoms with van der Waals surface area (Å²) in [6, 6.07) is 4.91. The van der Waals surface area contributed by atoms with Crippen LogP contribution in [0.5, 0.6) is 5.75 Å². The first-order valence-corrected chi connectivity index (χ1v) is 8.98. The molecule has 1 fully saturated rings. The van der Waals surface area contributed by atoms with Crippen LogP contribution in [-0.2, 0) is 5.92 Å². The maximum Gasteiger partial charge on any atom is 0.298 e. The molecule has 0 saturated heterocycles. The molecule has 0 spiro atoms. The summed E-state index contributed by atoms with van der Waals surface area (Å²) in [6.45, 7) is -0.0285. The minimum atomic E-state index is -3.63. The number of nitrogens with two attached hydrogens (primary N) is 2. The highest BCUT2D eigenvalue weighted by molar-refractivity contribution is 5.53. The van der Waals surface area contributed by atoms with E-state index in [1.54, 1.807) is 0 Å². The summed E-state index contributed by atoms with van der Waals surface area (Å²) in [5.74, 6) is 4.07. The second-order valence-electron chi connectivity index (χ2n) is 6.94. The summed E-state index contributed by atoms with van der Waals surface area (Å²) < 4.78 is 63.7. The predicted octanol–water partition coefficient (Wildman–Crippen LogP) is 3.10. The van der Waals surface area contributed by atoms with Crippen LogP contribution in [0.2, 0.25) is 0 Å². The van der Waals surface area contributed by atoms with Gasteiger partial charge < -0.3 is 10.6 Å². The molecule has 1 aromatic heterocycles. The second-order valence-corrected chi connectivity index (χ2v) is 6.94. The van der Waals surface area contributed by atoms with Gasteiger partial charge in [0.1, 0.15) is 29.4 Å². The highest BCUT2D eigenvalue weighted by atomic mass is 19.3. The van der Waals surface area contributed by atoms with Crippen LogP contribution in [0.4, 0.5) is 17.6 Å². The highest BCUT2D eigenvalue weighted by Gasteiger charge is 2.45. The monoisotopic (exact) mass is 411 g/mol. The average molecular weight is 411 g/mol. The van der Waals surface area contributed by atoms with E-state index in [2.05, 4.69) is 10.1 Å². The molecule has 10 heteroatoms. The SMILES string of the molecule is N/N=C\N(N)CC(c1ccc(F)cc1F)C(F)(F)c1ccc(OCC2CC2)cn1. The van der Waals surface area contributed by atoms with Gasteiger partial charge in [-0.3, -0.25) is 9.99 Å². The third kappa shape index (κ3) is 5.14. The molecule has 0 amide bonds. The van der Waals surface area contributed by atoms with Gasteiger partial charge in [0.2, 0.25) is 0 Å². The van der Waals surface area contributed by atoms with Gasteiger partial charge in [-0.15, -0.1) is 0 Å². The number of pyridine rings is 1. The fourth-order valence-electron chi connectivity index (χ4n) is 2.88. The first-order valence-electron chi connectivity index (χ1n) is 8.98. The molecule has 1 aliphatic rings. The molecular formula is C19H21F4N5O. The summed E-state index contributed by atoms with van der Waals surface area (Å²) in [6.07, 6.45) is 4.31. The normalized spacial score (nSPS) is 15.5. The molecule has 1 aromatic carbocycles. The summed E-state index contributed by atoms with van der Waals surface area (Å²) in [4.78, 5) is 3.81. The average Bonchev–Trinajstić information content (AvgIpc) is 3.50. The maximum absolute atomic E-state index is 15.3. The van der Waals surface area contributed by atoms with E-state index in [-0.39, 0.29) is 0 Å². The minimum Gasteiger partial charge on any atom is -0.492 e. The Bertz CT molecular complexity index is 858. The lowest BCUT2D eigenvalue weighted by Crippen LogP contribution is -2.40. The van der Waals surface area contributed by atoms with Gasteiger partial charge in [-0.25, -0.2) is 14.6 Å². The first kappa shape index (κ1) is 20.8. The van der Waals surface area contributed by atoms with Crippen LogP contribution in [0.3, 0.4) is 0 Å². The summed E-state index contributed by atoms with van der Waals surface area (Å²) >= 11 is 0. The minimum absolute atomic E-state index is 0.372. The topological polar surface area (TPSA) is 89.8 Å². The van der Waals surface area contributed by atoms with Gasteiger partial charge in [0.25, 0.3) is 5.92 Å². The molecule has 3 rings (SSSR count). The van der Waals surface area contributed by atoms with Gasteiger partial charge >= 0.3 is 0 Å². The van der Waals surface area contributed by atoms with Gasteiger partial charge in [-0.2, -0.15) is 13.9 Å². The Morgan fingerprint density at radius 2 is 2.03 bits per heavy atom. The van der Waals surface area contributed by atoms with E-state index in [0.717, 1.165) is 42.4 Å². The van der Waals surface area contributed by atoms with Gasteiger partial charge in [-0.05, 0) is 42.5 Å². The Labute approximate surface area is 165 Å². The standard InChI is InChI=1S/C19H21F4N5O/c20-13-3-5-15(17(21)7-13)16(9-28(25)11-27-24)19(22,23)18-6-4-14(8-26-18)29-10-12-1-2-12/h3-8,11-12,16H,1-2,9-10,24-25H2/b27-11-. The van der Waals surface area contributed by atoms with Crippen LogP contribution >= 0.6 is 0 Å². The summed E-state index contributed by atoms with van der Waals surface area (Å²) in [5, 5.41) is 3.97. The number of hydrazine groups is 1. The number of hydrogen-bond acceptors (Lipinski definition) is 5. The van der Waals surface area contributed by atoms with E-state index in [1.807, 2.05) is 0 Å². The molecule has 156 valence electrons. The predicted molar refractivity (Wildman–Crippen MR) is 99.0 cm³/mol. The van der Waals surface area contributed by atoms with Crippen LogP contribution in [-0.4, -0.2) is 29.5 Å². The molecule has 1 aliphatic carbocycles. The number of ether oxygens (including phenoxy) is 1. The Morgan fingerprint density at radius 1 is 1.28 bits per heavy atom. The third-order valence-corrected chi connectivity index (χ3v) is 4.64. The van der Waals surface area contributed by atoms with Crippen molar-refractivity contribution in [2.75, 3.05) is 13.2 Å². The number of alkyl halides is 2. The van der Waals surface area contributed by atoms with E-state index in [1.165, 1.54) is 12.3 Å². The molecule has 0 radical (unpaired) electrons. The zero-order chi connectivity index (χ0) is 21.0. The molecule has 1 unspecified atom stereocenters. The fraction of sp³-hybridized carbons (Fsp3) is 0.368. The van der Waals surface area contributed by atoms with Crippen LogP contribution in [0, 0.1) is 17.6 Å². The Kier molecular flexibility index (Phi) is 6.21. The fourth-order valence-corrected chi connectivity index (χ4v) is 2.88. The zero-order valence-corrected chi connectivity index (χ0v) is 15.4. The van der Waals surface area contributed by atoms with Crippen molar-refractivity contribution in [3.05, 3.63) is 59.4 Å². The van der Waals surface area contributed by atoms with E-state index >= 15 is 8.78 Å². The Hall–Kier alpha value is -2.88. The first-order chi connectivity index (χ1) is 13.8. The van der Waals surface area contributed by atoms with Crippen molar-refractivity contribution in [3.8, 4) is 5.75 Å². The lowest BCUT2D eigenvalue weighted by molar-refractivity contribution is -0.0443.